The summed E-state index contributed by atoms with van der Waals surface area (Å²) in [7, 11) is 1.23. The molecule has 1 rings (SSSR count). The maximum absolute atomic E-state index is 11.2. The zero-order chi connectivity index (χ0) is 12.1. The Bertz CT molecular complexity index is 360. The summed E-state index contributed by atoms with van der Waals surface area (Å²) in [5.74, 6) is -0.199. The molecule has 4 nitrogen and oxygen atoms in total. The summed E-state index contributed by atoms with van der Waals surface area (Å²) in [4.78, 5) is 11.2. The van der Waals surface area contributed by atoms with Gasteiger partial charge in [0.2, 0.25) is 0 Å². The zero-order valence-corrected chi connectivity index (χ0v) is 9.64. The van der Waals surface area contributed by atoms with Crippen LogP contribution in [0.1, 0.15) is 25.5 Å². The molecule has 1 aromatic carbocycles. The van der Waals surface area contributed by atoms with Crippen LogP contribution in [-0.2, 0) is 9.53 Å². The molecule has 88 valence electrons. The van der Waals surface area contributed by atoms with Gasteiger partial charge in [-0.25, -0.2) is 4.79 Å². The number of benzene rings is 1. The van der Waals surface area contributed by atoms with Gasteiger partial charge < -0.3 is 14.6 Å². The number of esters is 1. The molecular weight excluding hydrogens is 208 g/mol. The van der Waals surface area contributed by atoms with Crippen molar-refractivity contribution in [1.29, 1.82) is 0 Å². The molecule has 0 aliphatic heterocycles. The number of hydrogen-bond donors (Lipinski definition) is 1. The number of para-hydroxylation sites is 1. The fraction of sp³-hybridized carbons (Fsp3) is 0.417. The largest absolute Gasteiger partial charge is 0.491 e. The Morgan fingerprint density at radius 3 is 2.50 bits per heavy atom. The second-order valence-electron chi connectivity index (χ2n) is 3.63. The number of carbonyl (C=O) groups excluding carboxylic acids is 1. The number of methoxy groups -OCH3 is 1. The van der Waals surface area contributed by atoms with Crippen LogP contribution in [0, 0.1) is 0 Å². The van der Waals surface area contributed by atoms with E-state index in [0.717, 1.165) is 0 Å². The molecule has 1 atom stereocenters. The molecule has 0 aliphatic rings. The Labute approximate surface area is 94.8 Å². The van der Waals surface area contributed by atoms with Gasteiger partial charge in [0.1, 0.15) is 5.75 Å². The molecule has 0 radical (unpaired) electrons. The Kier molecular flexibility index (Phi) is 4.31. The van der Waals surface area contributed by atoms with E-state index in [2.05, 4.69) is 4.74 Å². The van der Waals surface area contributed by atoms with Crippen molar-refractivity contribution in [2.75, 3.05) is 7.11 Å². The van der Waals surface area contributed by atoms with Crippen molar-refractivity contribution >= 4 is 5.97 Å². The third-order valence-electron chi connectivity index (χ3n) is 2.00. The van der Waals surface area contributed by atoms with E-state index in [-0.39, 0.29) is 6.10 Å². The molecule has 0 aliphatic carbocycles. The van der Waals surface area contributed by atoms with Gasteiger partial charge in [-0.2, -0.15) is 0 Å². The van der Waals surface area contributed by atoms with Gasteiger partial charge in [0.05, 0.1) is 13.2 Å². The van der Waals surface area contributed by atoms with Crippen LogP contribution >= 0.6 is 0 Å². The quantitative estimate of drug-likeness (QED) is 0.790. The lowest BCUT2D eigenvalue weighted by Gasteiger charge is -2.16. The number of hydrogen-bond acceptors (Lipinski definition) is 4. The van der Waals surface area contributed by atoms with Gasteiger partial charge in [-0.05, 0) is 19.9 Å². The van der Waals surface area contributed by atoms with E-state index >= 15 is 0 Å². The molecule has 0 saturated heterocycles. The summed E-state index contributed by atoms with van der Waals surface area (Å²) in [5.41, 5.74) is 0.419. The van der Waals surface area contributed by atoms with Gasteiger partial charge in [-0.15, -0.1) is 0 Å². The molecule has 0 fully saturated rings. The van der Waals surface area contributed by atoms with Crippen molar-refractivity contribution in [3.8, 4) is 5.75 Å². The Morgan fingerprint density at radius 1 is 1.31 bits per heavy atom. The summed E-state index contributed by atoms with van der Waals surface area (Å²) in [6.45, 7) is 3.75. The van der Waals surface area contributed by atoms with Gasteiger partial charge in [0.15, 0.2) is 6.10 Å². The molecule has 0 aromatic heterocycles. The van der Waals surface area contributed by atoms with E-state index in [9.17, 15) is 9.90 Å². The summed E-state index contributed by atoms with van der Waals surface area (Å²) in [6.07, 6.45) is -1.33. The Hall–Kier alpha value is -1.55. The van der Waals surface area contributed by atoms with E-state index in [0.29, 0.717) is 11.3 Å². The molecule has 16 heavy (non-hydrogen) atoms. The number of carbonyl (C=O) groups is 1. The Morgan fingerprint density at radius 2 is 1.94 bits per heavy atom. The maximum Gasteiger partial charge on any atom is 0.339 e. The molecule has 0 saturated carbocycles. The standard InChI is InChI=1S/C12H16O4/c1-8(2)16-10-7-5-4-6-9(10)11(13)12(14)15-3/h4-8,11,13H,1-3H3. The van der Waals surface area contributed by atoms with Crippen molar-refractivity contribution in [2.24, 2.45) is 0 Å². The highest BCUT2D eigenvalue weighted by atomic mass is 16.5. The maximum atomic E-state index is 11.2. The highest BCUT2D eigenvalue weighted by Gasteiger charge is 2.21. The monoisotopic (exact) mass is 224 g/mol. The SMILES string of the molecule is COC(=O)C(O)c1ccccc1OC(C)C. The number of rotatable bonds is 4. The lowest BCUT2D eigenvalue weighted by molar-refractivity contribution is -0.150. The normalized spacial score (nSPS) is 12.3. The minimum atomic E-state index is -1.31. The topological polar surface area (TPSA) is 55.8 Å². The molecule has 1 aromatic rings. The molecule has 0 spiro atoms. The third kappa shape index (κ3) is 2.97. The van der Waals surface area contributed by atoms with Crippen LogP contribution in [0.4, 0.5) is 0 Å². The number of ether oxygens (including phenoxy) is 2. The van der Waals surface area contributed by atoms with E-state index in [4.69, 9.17) is 4.74 Å². The Balaban J connectivity index is 2.98. The number of aliphatic hydroxyl groups excluding tert-OH is 1. The first-order chi connectivity index (χ1) is 7.56. The molecule has 4 heteroatoms. The molecular formula is C12H16O4. The zero-order valence-electron chi connectivity index (χ0n) is 9.64. The van der Waals surface area contributed by atoms with E-state index in [1.165, 1.54) is 7.11 Å². The van der Waals surface area contributed by atoms with Crippen LogP contribution in [0.25, 0.3) is 0 Å². The van der Waals surface area contributed by atoms with Crippen LogP contribution in [-0.4, -0.2) is 24.3 Å². The van der Waals surface area contributed by atoms with Gasteiger partial charge in [-0.1, -0.05) is 18.2 Å². The fourth-order valence-corrected chi connectivity index (χ4v) is 1.31. The van der Waals surface area contributed by atoms with Gasteiger partial charge in [0.25, 0.3) is 0 Å². The van der Waals surface area contributed by atoms with Crippen LogP contribution < -0.4 is 4.74 Å². The summed E-state index contributed by atoms with van der Waals surface area (Å²) in [6, 6.07) is 6.86. The minimum Gasteiger partial charge on any atom is -0.491 e. The van der Waals surface area contributed by atoms with Crippen molar-refractivity contribution in [3.63, 3.8) is 0 Å². The lowest BCUT2D eigenvalue weighted by Crippen LogP contribution is -2.16. The molecule has 1 N–H and O–H groups in total. The van der Waals surface area contributed by atoms with Crippen LogP contribution in [0.2, 0.25) is 0 Å². The molecule has 1 unspecified atom stereocenters. The first-order valence-electron chi connectivity index (χ1n) is 5.07. The van der Waals surface area contributed by atoms with Gasteiger partial charge in [-0.3, -0.25) is 0 Å². The highest BCUT2D eigenvalue weighted by Crippen LogP contribution is 2.26. The first-order valence-corrected chi connectivity index (χ1v) is 5.07. The van der Waals surface area contributed by atoms with E-state index in [1.807, 2.05) is 13.8 Å². The summed E-state index contributed by atoms with van der Waals surface area (Å²) in [5, 5.41) is 9.73. The second kappa shape index (κ2) is 5.51. The smallest absolute Gasteiger partial charge is 0.339 e. The van der Waals surface area contributed by atoms with Crippen molar-refractivity contribution in [1.82, 2.24) is 0 Å². The second-order valence-corrected chi connectivity index (χ2v) is 3.63. The fourth-order valence-electron chi connectivity index (χ4n) is 1.31. The van der Waals surface area contributed by atoms with Crippen molar-refractivity contribution in [3.05, 3.63) is 29.8 Å². The predicted molar refractivity (Wildman–Crippen MR) is 59.2 cm³/mol. The van der Waals surface area contributed by atoms with Crippen molar-refractivity contribution < 1.29 is 19.4 Å². The first kappa shape index (κ1) is 12.5. The summed E-state index contributed by atoms with van der Waals surface area (Å²) >= 11 is 0. The average Bonchev–Trinajstić information content (AvgIpc) is 2.27. The van der Waals surface area contributed by atoms with E-state index in [1.54, 1.807) is 24.3 Å². The van der Waals surface area contributed by atoms with Crippen LogP contribution in [0.3, 0.4) is 0 Å². The average molecular weight is 224 g/mol. The lowest BCUT2D eigenvalue weighted by atomic mass is 10.1. The van der Waals surface area contributed by atoms with Crippen LogP contribution in [0.15, 0.2) is 24.3 Å². The molecule has 0 amide bonds. The van der Waals surface area contributed by atoms with E-state index < -0.39 is 12.1 Å². The third-order valence-corrected chi connectivity index (χ3v) is 2.00. The van der Waals surface area contributed by atoms with Gasteiger partial charge >= 0.3 is 5.97 Å². The molecule has 0 heterocycles. The highest BCUT2D eigenvalue weighted by molar-refractivity contribution is 5.77. The minimum absolute atomic E-state index is 0.0222. The summed E-state index contributed by atoms with van der Waals surface area (Å²) < 4.78 is 9.98. The molecule has 0 bridgehead atoms. The van der Waals surface area contributed by atoms with Crippen molar-refractivity contribution in [2.45, 2.75) is 26.1 Å². The predicted octanol–water partition coefficient (Wildman–Crippen LogP) is 1.68. The van der Waals surface area contributed by atoms with Gasteiger partial charge in [0, 0.05) is 5.56 Å². The van der Waals surface area contributed by atoms with Crippen LogP contribution in [0.5, 0.6) is 5.75 Å². The number of aliphatic hydroxyl groups is 1.